The number of nitrogens with one attached hydrogen (secondary N) is 3. The molecular weight excluding hydrogens is 895 g/mol. The van der Waals surface area contributed by atoms with Crippen molar-refractivity contribution in [3.8, 4) is 23.0 Å². The van der Waals surface area contributed by atoms with Gasteiger partial charge in [0.2, 0.25) is 15.9 Å². The molecule has 0 spiro atoms. The van der Waals surface area contributed by atoms with Crippen LogP contribution < -0.4 is 45.9 Å². The zero-order valence-electron chi connectivity index (χ0n) is 39.0. The van der Waals surface area contributed by atoms with E-state index in [1.807, 2.05) is 45.0 Å². The maximum atomic E-state index is 13.4. The number of primary amides is 1. The summed E-state index contributed by atoms with van der Waals surface area (Å²) in [6.07, 6.45) is 3.54. The molecule has 19 nitrogen and oxygen atoms in total. The second-order valence-corrected chi connectivity index (χ2v) is 19.1. The van der Waals surface area contributed by atoms with Crippen LogP contribution in [0.1, 0.15) is 56.0 Å². The molecular formula is C48H59N9O10S. The number of aliphatic carboxylic acids is 1. The summed E-state index contributed by atoms with van der Waals surface area (Å²) in [4.78, 5) is 59.9. The standard InChI is InChI=1S/C48H59N9O10S/c1-48(2,3)30-26-37(54-68(6,63)64)44(66-5)39(27-30)57(47(50)62)38-16-17-40(34-11-8-7-10-33(34)38)67-32-18-19-51-42(29-32)53-31-14-15-35(41(28-31)65-4)45(59)52-20-21-55-22-24-56(25-23-55)43(58)13-9-12-36(49)46(60)61/h7-8,10-11,14-19,26-29,36,54H,9,12-13,20-25,49H2,1-6H3,(H2,50,62)(H,51,53)(H,52,59)(H,60,61)/t36-/m0/s1. The van der Waals surface area contributed by atoms with Crippen molar-refractivity contribution in [3.63, 3.8) is 0 Å². The van der Waals surface area contributed by atoms with Crippen molar-refractivity contribution < 1.29 is 46.9 Å². The Morgan fingerprint density at radius 1 is 0.897 bits per heavy atom. The van der Waals surface area contributed by atoms with Crippen LogP contribution in [0.5, 0.6) is 23.0 Å². The van der Waals surface area contributed by atoms with Gasteiger partial charge in [-0.15, -0.1) is 0 Å². The highest BCUT2D eigenvalue weighted by Crippen LogP contribution is 2.46. The number of anilines is 5. The third kappa shape index (κ3) is 12.6. The molecule has 0 aliphatic carbocycles. The molecule has 1 saturated heterocycles. The number of nitrogens with two attached hydrogens (primary N) is 2. The van der Waals surface area contributed by atoms with E-state index < -0.39 is 33.5 Å². The number of carbonyl (C=O) groups is 4. The van der Waals surface area contributed by atoms with Crippen LogP contribution in [0.3, 0.4) is 0 Å². The number of rotatable bonds is 19. The van der Waals surface area contributed by atoms with Crippen molar-refractivity contribution in [1.82, 2.24) is 20.1 Å². The monoisotopic (exact) mass is 953 g/mol. The smallest absolute Gasteiger partial charge is 0.324 e. The Morgan fingerprint density at radius 3 is 2.26 bits per heavy atom. The fraction of sp³-hybridized carbons (Fsp3) is 0.354. The highest BCUT2D eigenvalue weighted by atomic mass is 32.2. The third-order valence-electron chi connectivity index (χ3n) is 11.3. The van der Waals surface area contributed by atoms with Gasteiger partial charge in [-0.05, 0) is 66.3 Å². The van der Waals surface area contributed by atoms with Crippen LogP contribution in [0.15, 0.2) is 85.1 Å². The summed E-state index contributed by atoms with van der Waals surface area (Å²) in [5, 5.41) is 16.4. The van der Waals surface area contributed by atoms with Gasteiger partial charge < -0.3 is 46.3 Å². The number of aromatic nitrogens is 1. The fourth-order valence-electron chi connectivity index (χ4n) is 7.78. The number of ether oxygens (including phenoxy) is 3. The van der Waals surface area contributed by atoms with Crippen LogP contribution in [0, 0.1) is 0 Å². The Labute approximate surface area is 395 Å². The largest absolute Gasteiger partial charge is 0.496 e. The molecule has 4 aromatic carbocycles. The molecule has 1 aromatic heterocycles. The van der Waals surface area contributed by atoms with Crippen LogP contribution in [0.25, 0.3) is 10.8 Å². The molecule has 1 atom stereocenters. The summed E-state index contributed by atoms with van der Waals surface area (Å²) < 4.78 is 45.2. The number of piperazine rings is 1. The predicted molar refractivity (Wildman–Crippen MR) is 261 cm³/mol. The number of sulfonamides is 1. The summed E-state index contributed by atoms with van der Waals surface area (Å²) in [5.41, 5.74) is 13.6. The summed E-state index contributed by atoms with van der Waals surface area (Å²) in [7, 11) is -0.873. The van der Waals surface area contributed by atoms with Crippen molar-refractivity contribution in [1.29, 1.82) is 0 Å². The molecule has 0 unspecified atom stereocenters. The number of hydrogen-bond acceptors (Lipinski definition) is 13. The molecule has 362 valence electrons. The lowest BCUT2D eigenvalue weighted by Crippen LogP contribution is -2.50. The van der Waals surface area contributed by atoms with E-state index in [-0.39, 0.29) is 41.8 Å². The molecule has 8 N–H and O–H groups in total. The van der Waals surface area contributed by atoms with Gasteiger partial charge >= 0.3 is 12.0 Å². The zero-order valence-corrected chi connectivity index (χ0v) is 39.8. The number of methoxy groups -OCH3 is 2. The van der Waals surface area contributed by atoms with E-state index in [2.05, 4.69) is 25.2 Å². The second kappa shape index (κ2) is 21.6. The maximum Gasteiger partial charge on any atom is 0.324 e. The number of carbonyl (C=O) groups excluding carboxylic acids is 3. The molecule has 4 amide bonds. The lowest BCUT2D eigenvalue weighted by atomic mass is 9.86. The molecule has 6 rings (SSSR count). The van der Waals surface area contributed by atoms with Gasteiger partial charge in [-0.1, -0.05) is 45.0 Å². The lowest BCUT2D eigenvalue weighted by Gasteiger charge is -2.34. The first-order valence-electron chi connectivity index (χ1n) is 21.9. The number of benzene rings is 4. The first kappa shape index (κ1) is 50.3. The fourth-order valence-corrected chi connectivity index (χ4v) is 8.33. The quantitative estimate of drug-likeness (QED) is 0.0544. The average Bonchev–Trinajstić information content (AvgIpc) is 3.28. The molecule has 0 radical (unpaired) electrons. The van der Waals surface area contributed by atoms with Gasteiger partial charge in [-0.3, -0.25) is 28.9 Å². The van der Waals surface area contributed by atoms with Gasteiger partial charge in [0.05, 0.1) is 43.1 Å². The van der Waals surface area contributed by atoms with Crippen molar-refractivity contribution in [3.05, 3.63) is 96.2 Å². The van der Waals surface area contributed by atoms with E-state index in [9.17, 15) is 27.6 Å². The van der Waals surface area contributed by atoms with E-state index >= 15 is 0 Å². The van der Waals surface area contributed by atoms with E-state index in [0.717, 1.165) is 11.8 Å². The number of nitrogens with zero attached hydrogens (tertiary/aromatic N) is 4. The van der Waals surface area contributed by atoms with Crippen LogP contribution in [-0.2, 0) is 25.0 Å². The molecule has 20 heteroatoms. The molecule has 2 heterocycles. The van der Waals surface area contributed by atoms with Crippen molar-refractivity contribution >= 4 is 73.2 Å². The van der Waals surface area contributed by atoms with Gasteiger partial charge in [0, 0.05) is 80.5 Å². The number of fused-ring (bicyclic) bond motifs is 1. The number of urea groups is 1. The Kier molecular flexibility index (Phi) is 16.0. The Balaban J connectivity index is 1.12. The number of hydrogen-bond donors (Lipinski definition) is 6. The number of amides is 4. The summed E-state index contributed by atoms with van der Waals surface area (Å²) in [5.74, 6) is 0.394. The molecule has 0 bridgehead atoms. The minimum Gasteiger partial charge on any atom is -0.496 e. The summed E-state index contributed by atoms with van der Waals surface area (Å²) in [6, 6.07) is 20.9. The summed E-state index contributed by atoms with van der Waals surface area (Å²) >= 11 is 0. The highest BCUT2D eigenvalue weighted by molar-refractivity contribution is 7.92. The van der Waals surface area contributed by atoms with Gasteiger partial charge in [-0.2, -0.15) is 0 Å². The first-order valence-corrected chi connectivity index (χ1v) is 23.8. The molecule has 0 saturated carbocycles. The Bertz CT molecular complexity index is 2770. The van der Waals surface area contributed by atoms with E-state index in [4.69, 9.17) is 30.8 Å². The molecule has 1 fully saturated rings. The van der Waals surface area contributed by atoms with Gasteiger partial charge in [0.15, 0.2) is 5.75 Å². The summed E-state index contributed by atoms with van der Waals surface area (Å²) in [6.45, 7) is 9.27. The molecule has 1 aliphatic heterocycles. The topological polar surface area (TPSA) is 261 Å². The number of carboxylic acids is 1. The lowest BCUT2D eigenvalue weighted by molar-refractivity contribution is -0.139. The Hall–Kier alpha value is -7.16. The molecule has 1 aliphatic rings. The van der Waals surface area contributed by atoms with Crippen LogP contribution in [0.4, 0.5) is 33.4 Å². The van der Waals surface area contributed by atoms with Gasteiger partial charge in [0.1, 0.15) is 29.1 Å². The maximum absolute atomic E-state index is 13.4. The van der Waals surface area contributed by atoms with E-state index in [1.54, 1.807) is 65.7 Å². The first-order chi connectivity index (χ1) is 32.3. The average molecular weight is 954 g/mol. The minimum absolute atomic E-state index is 0.0180. The number of pyridine rings is 1. The van der Waals surface area contributed by atoms with E-state index in [1.165, 1.54) is 19.1 Å². The predicted octanol–water partition coefficient (Wildman–Crippen LogP) is 6.13. The van der Waals surface area contributed by atoms with Crippen LogP contribution in [-0.4, -0.2) is 118 Å². The number of carboxylic acid groups (broad SMARTS) is 1. The minimum atomic E-state index is -3.74. The van der Waals surface area contributed by atoms with Gasteiger partial charge in [-0.25, -0.2) is 18.2 Å². The van der Waals surface area contributed by atoms with Crippen molar-refractivity contribution in [2.45, 2.75) is 51.5 Å². The van der Waals surface area contributed by atoms with Crippen molar-refractivity contribution in [2.75, 3.05) is 74.7 Å². The Morgan fingerprint density at radius 2 is 1.62 bits per heavy atom. The van der Waals surface area contributed by atoms with Crippen LogP contribution >= 0.6 is 0 Å². The van der Waals surface area contributed by atoms with Gasteiger partial charge in [0.25, 0.3) is 5.91 Å². The normalized spacial score (nSPS) is 13.6. The molecule has 5 aromatic rings. The van der Waals surface area contributed by atoms with Crippen LogP contribution in [0.2, 0.25) is 0 Å². The third-order valence-corrected chi connectivity index (χ3v) is 11.9. The van der Waals surface area contributed by atoms with E-state index in [0.29, 0.717) is 96.5 Å². The highest BCUT2D eigenvalue weighted by Gasteiger charge is 2.29. The molecule has 68 heavy (non-hydrogen) atoms. The second-order valence-electron chi connectivity index (χ2n) is 17.3. The SMILES string of the molecule is COc1cc(Nc2cc(Oc3ccc(N(C(N)=O)c4cc(C(C)(C)C)cc(NS(C)(=O)=O)c4OC)c4ccccc34)ccn2)ccc1C(=O)NCCN1CCN(C(=O)CCC[C@H](N)C(=O)O)CC1. The van der Waals surface area contributed by atoms with Crippen molar-refractivity contribution in [2.24, 2.45) is 11.5 Å². The zero-order chi connectivity index (χ0) is 49.3.